The molecule has 2 aliphatic rings. The van der Waals surface area contributed by atoms with Gasteiger partial charge in [0.15, 0.2) is 0 Å². The van der Waals surface area contributed by atoms with E-state index in [2.05, 4.69) is 30.5 Å². The van der Waals surface area contributed by atoms with Gasteiger partial charge >= 0.3 is 6.01 Å². The second kappa shape index (κ2) is 6.99. The van der Waals surface area contributed by atoms with E-state index >= 15 is 0 Å². The summed E-state index contributed by atoms with van der Waals surface area (Å²) in [5.41, 5.74) is 1.96. The highest BCUT2D eigenvalue weighted by atomic mass is 16.5. The van der Waals surface area contributed by atoms with E-state index in [-0.39, 0.29) is 23.9 Å². The second-order valence-electron chi connectivity index (χ2n) is 7.00. The number of carbonyl (C=O) groups excluding carboxylic acids is 1. The molecule has 0 bridgehead atoms. The third-order valence-electron chi connectivity index (χ3n) is 5.06. The minimum Gasteiger partial charge on any atom is -0.467 e. The summed E-state index contributed by atoms with van der Waals surface area (Å²) in [5, 5.41) is 11.3. The molecule has 2 atom stereocenters. The van der Waals surface area contributed by atoms with E-state index in [0.717, 1.165) is 43.7 Å². The van der Waals surface area contributed by atoms with Crippen molar-refractivity contribution >= 4 is 5.91 Å². The summed E-state index contributed by atoms with van der Waals surface area (Å²) in [5.74, 6) is 0.351. The largest absolute Gasteiger partial charge is 0.467 e. The van der Waals surface area contributed by atoms with Gasteiger partial charge in [0.05, 0.1) is 25.4 Å². The maximum absolute atomic E-state index is 12.3. The van der Waals surface area contributed by atoms with Crippen LogP contribution < -0.4 is 10.1 Å². The van der Waals surface area contributed by atoms with Gasteiger partial charge in [0, 0.05) is 49.2 Å². The monoisotopic (exact) mass is 357 g/mol. The molecular weight excluding hydrogens is 334 g/mol. The van der Waals surface area contributed by atoms with E-state index in [1.54, 1.807) is 13.3 Å². The Bertz CT molecular complexity index is 775. The lowest BCUT2D eigenvalue weighted by Crippen LogP contribution is -2.42. The average molecular weight is 357 g/mol. The molecule has 0 unspecified atom stereocenters. The van der Waals surface area contributed by atoms with Gasteiger partial charge in [-0.25, -0.2) is 14.6 Å². The van der Waals surface area contributed by atoms with Crippen LogP contribution in [-0.4, -0.2) is 62.0 Å². The van der Waals surface area contributed by atoms with E-state index in [0.29, 0.717) is 6.01 Å². The van der Waals surface area contributed by atoms with E-state index in [9.17, 15) is 4.79 Å². The maximum Gasteiger partial charge on any atom is 0.316 e. The van der Waals surface area contributed by atoms with Crippen LogP contribution in [-0.2, 0) is 11.3 Å². The lowest BCUT2D eigenvalue weighted by Gasteiger charge is -2.19. The molecule has 26 heavy (non-hydrogen) atoms. The van der Waals surface area contributed by atoms with Crippen molar-refractivity contribution in [3.63, 3.8) is 0 Å². The number of nitrogens with one attached hydrogen (secondary N) is 1. The number of rotatable bonds is 6. The third-order valence-corrected chi connectivity index (χ3v) is 5.06. The van der Waals surface area contributed by atoms with Gasteiger partial charge in [-0.1, -0.05) is 5.21 Å². The van der Waals surface area contributed by atoms with Crippen molar-refractivity contribution in [3.8, 4) is 6.01 Å². The Labute approximate surface area is 151 Å². The molecule has 1 aliphatic heterocycles. The predicted octanol–water partition coefficient (Wildman–Crippen LogP) is 0.337. The van der Waals surface area contributed by atoms with Gasteiger partial charge in [0.25, 0.3) is 0 Å². The van der Waals surface area contributed by atoms with Crippen LogP contribution in [0.25, 0.3) is 0 Å². The Hall–Kier alpha value is -2.55. The lowest BCUT2D eigenvalue weighted by atomic mass is 10.1. The summed E-state index contributed by atoms with van der Waals surface area (Å²) in [4.78, 5) is 23.1. The maximum atomic E-state index is 12.3. The zero-order valence-corrected chi connectivity index (χ0v) is 15.0. The molecule has 1 aliphatic carbocycles. The minimum atomic E-state index is 0.0178. The van der Waals surface area contributed by atoms with Crippen LogP contribution in [0.4, 0.5) is 0 Å². The molecule has 1 saturated heterocycles. The highest BCUT2D eigenvalue weighted by Gasteiger charge is 2.38. The molecule has 0 radical (unpaired) electrons. The van der Waals surface area contributed by atoms with Crippen molar-refractivity contribution in [1.29, 1.82) is 0 Å². The second-order valence-corrected chi connectivity index (χ2v) is 7.00. The molecule has 9 nitrogen and oxygen atoms in total. The van der Waals surface area contributed by atoms with E-state index < -0.39 is 0 Å². The summed E-state index contributed by atoms with van der Waals surface area (Å²) in [6.45, 7) is 4.21. The lowest BCUT2D eigenvalue weighted by molar-refractivity contribution is -0.123. The van der Waals surface area contributed by atoms with Gasteiger partial charge in [-0.2, -0.15) is 0 Å². The summed E-state index contributed by atoms with van der Waals surface area (Å²) in [6, 6.07) is 0.465. The number of aryl methyl sites for hydroxylation is 1. The molecule has 2 fully saturated rings. The fourth-order valence-electron chi connectivity index (χ4n) is 3.41. The molecule has 4 rings (SSSR count). The van der Waals surface area contributed by atoms with Gasteiger partial charge in [-0.3, -0.25) is 9.69 Å². The Morgan fingerprint density at radius 2 is 2.23 bits per heavy atom. The van der Waals surface area contributed by atoms with Gasteiger partial charge < -0.3 is 10.1 Å². The first kappa shape index (κ1) is 16.9. The number of hydrogen-bond donors (Lipinski definition) is 1. The van der Waals surface area contributed by atoms with Crippen molar-refractivity contribution < 1.29 is 9.53 Å². The van der Waals surface area contributed by atoms with E-state index in [1.807, 2.05) is 24.0 Å². The van der Waals surface area contributed by atoms with Crippen molar-refractivity contribution in [2.75, 3.05) is 20.2 Å². The van der Waals surface area contributed by atoms with Crippen LogP contribution in [0.2, 0.25) is 0 Å². The number of hydrogen-bond acceptors (Lipinski definition) is 7. The highest BCUT2D eigenvalue weighted by Crippen LogP contribution is 2.30. The number of ether oxygens (including phenoxy) is 1. The van der Waals surface area contributed by atoms with Gasteiger partial charge in [-0.15, -0.1) is 5.10 Å². The number of amides is 1. The topological polar surface area (TPSA) is 98.1 Å². The molecule has 2 aromatic rings. The van der Waals surface area contributed by atoms with Crippen molar-refractivity contribution in [1.82, 2.24) is 35.2 Å². The van der Waals surface area contributed by atoms with E-state index in [4.69, 9.17) is 4.74 Å². The Morgan fingerprint density at radius 1 is 1.38 bits per heavy atom. The molecule has 0 aromatic carbocycles. The standard InChI is InChI=1S/C17H23N7O2/c1-11-13(7-18-17(20-11)26-2)8-23-9-14(21-16(25)12-3-4-12)15(10-23)24-6-5-19-22-24/h5-7,12,14-15H,3-4,8-10H2,1-2H3,(H,21,25)/t14-,15+/m1/s1. The first-order chi connectivity index (χ1) is 12.6. The van der Waals surface area contributed by atoms with Gasteiger partial charge in [-0.05, 0) is 19.8 Å². The molecule has 9 heteroatoms. The smallest absolute Gasteiger partial charge is 0.316 e. The van der Waals surface area contributed by atoms with Gasteiger partial charge in [0.1, 0.15) is 0 Å². The van der Waals surface area contributed by atoms with E-state index in [1.165, 1.54) is 0 Å². The molecule has 1 N–H and O–H groups in total. The van der Waals surface area contributed by atoms with Crippen LogP contribution in [0.1, 0.15) is 30.1 Å². The Balaban J connectivity index is 1.48. The first-order valence-corrected chi connectivity index (χ1v) is 8.89. The first-order valence-electron chi connectivity index (χ1n) is 8.89. The van der Waals surface area contributed by atoms with Crippen LogP contribution in [0.3, 0.4) is 0 Å². The van der Waals surface area contributed by atoms with Crippen LogP contribution in [0, 0.1) is 12.8 Å². The Kier molecular flexibility index (Phi) is 4.54. The van der Waals surface area contributed by atoms with Crippen molar-refractivity contribution in [2.24, 2.45) is 5.92 Å². The molecule has 2 aromatic heterocycles. The van der Waals surface area contributed by atoms with Crippen LogP contribution in [0.15, 0.2) is 18.6 Å². The predicted molar refractivity (Wildman–Crippen MR) is 92.3 cm³/mol. The van der Waals surface area contributed by atoms with Gasteiger partial charge in [0.2, 0.25) is 5.91 Å². The molecule has 0 spiro atoms. The molecule has 1 amide bonds. The quantitative estimate of drug-likeness (QED) is 0.796. The zero-order valence-electron chi connectivity index (χ0n) is 15.0. The number of carbonyl (C=O) groups is 1. The molecular formula is C17H23N7O2. The summed E-state index contributed by atoms with van der Waals surface area (Å²) in [7, 11) is 1.56. The third kappa shape index (κ3) is 3.52. The Morgan fingerprint density at radius 3 is 2.88 bits per heavy atom. The van der Waals surface area contributed by atoms with Crippen molar-refractivity contribution in [2.45, 2.75) is 38.4 Å². The molecule has 3 heterocycles. The fourth-order valence-corrected chi connectivity index (χ4v) is 3.41. The molecule has 138 valence electrons. The summed E-state index contributed by atoms with van der Waals surface area (Å²) >= 11 is 0. The fraction of sp³-hybridized carbons (Fsp3) is 0.588. The molecule has 1 saturated carbocycles. The highest BCUT2D eigenvalue weighted by molar-refractivity contribution is 5.81. The number of likely N-dealkylation sites (tertiary alicyclic amines) is 1. The minimum absolute atomic E-state index is 0.0178. The van der Waals surface area contributed by atoms with Crippen molar-refractivity contribution in [3.05, 3.63) is 29.8 Å². The van der Waals surface area contributed by atoms with Crippen LogP contribution in [0.5, 0.6) is 6.01 Å². The van der Waals surface area contributed by atoms with Crippen LogP contribution >= 0.6 is 0 Å². The zero-order chi connectivity index (χ0) is 18.1. The summed E-state index contributed by atoms with van der Waals surface area (Å²) < 4.78 is 6.92. The number of nitrogens with zero attached hydrogens (tertiary/aromatic N) is 6. The average Bonchev–Trinajstić information content (AvgIpc) is 3.21. The summed E-state index contributed by atoms with van der Waals surface area (Å²) in [6.07, 6.45) is 7.33. The normalized spacial score (nSPS) is 23.2. The number of methoxy groups -OCH3 is 1. The SMILES string of the molecule is COc1ncc(CN2C[C@@H](NC(=O)C3CC3)[C@@H](n3ccnn3)C2)c(C)n1. The number of aromatic nitrogens is 5.